The second-order valence-corrected chi connectivity index (χ2v) is 10.1. The third kappa shape index (κ3) is 7.71. The Hall–Kier alpha value is -3.09. The molecule has 0 aromatic heterocycles. The zero-order valence-corrected chi connectivity index (χ0v) is 21.4. The van der Waals surface area contributed by atoms with Crippen LogP contribution < -0.4 is 9.47 Å². The van der Waals surface area contributed by atoms with E-state index in [0.717, 1.165) is 36.5 Å². The normalized spacial score (nSPS) is 18.3. The zero-order valence-electron chi connectivity index (χ0n) is 21.4. The average Bonchev–Trinajstić information content (AvgIpc) is 2.88. The van der Waals surface area contributed by atoms with Gasteiger partial charge in [0.15, 0.2) is 0 Å². The fourth-order valence-corrected chi connectivity index (χ4v) is 5.28. The highest BCUT2D eigenvalue weighted by molar-refractivity contribution is 5.71. The molecule has 7 heteroatoms. The molecule has 2 nitrogen and oxygen atoms in total. The van der Waals surface area contributed by atoms with Crippen molar-refractivity contribution in [3.63, 3.8) is 0 Å². The van der Waals surface area contributed by atoms with Gasteiger partial charge in [0.25, 0.3) is 0 Å². The van der Waals surface area contributed by atoms with Crippen molar-refractivity contribution in [2.24, 2.45) is 11.8 Å². The second-order valence-electron chi connectivity index (χ2n) is 10.1. The summed E-state index contributed by atoms with van der Waals surface area (Å²) in [6, 6.07) is 17.5. The van der Waals surface area contributed by atoms with Crippen molar-refractivity contribution in [3.05, 3.63) is 83.9 Å². The number of hydrogen-bond acceptors (Lipinski definition) is 2. The summed E-state index contributed by atoms with van der Waals surface area (Å²) in [4.78, 5) is 0. The Balaban J connectivity index is 1.38. The number of rotatable bonds is 10. The summed E-state index contributed by atoms with van der Waals surface area (Å²) >= 11 is 0. The van der Waals surface area contributed by atoms with Crippen LogP contribution in [0.5, 0.6) is 11.5 Å². The van der Waals surface area contributed by atoms with E-state index in [9.17, 15) is 13.2 Å². The van der Waals surface area contributed by atoms with E-state index in [1.807, 2.05) is 0 Å². The highest BCUT2D eigenvalue weighted by atomic mass is 19.4. The van der Waals surface area contributed by atoms with Crippen LogP contribution in [0.2, 0.25) is 0 Å². The lowest BCUT2D eigenvalue weighted by Crippen LogP contribution is -2.22. The van der Waals surface area contributed by atoms with Crippen LogP contribution in [0.15, 0.2) is 72.8 Å². The van der Waals surface area contributed by atoms with Gasteiger partial charge in [-0.15, -0.1) is 13.2 Å². The van der Waals surface area contributed by atoms with Crippen LogP contribution in [0.25, 0.3) is 11.1 Å². The lowest BCUT2D eigenvalue weighted by Gasteiger charge is -2.28. The van der Waals surface area contributed by atoms with Gasteiger partial charge in [0.1, 0.15) is 11.5 Å². The van der Waals surface area contributed by atoms with Crippen molar-refractivity contribution >= 4 is 0 Å². The zero-order chi connectivity index (χ0) is 27.2. The topological polar surface area (TPSA) is 18.5 Å². The number of alkyl halides is 5. The van der Waals surface area contributed by atoms with Crippen LogP contribution in [0.3, 0.4) is 0 Å². The summed E-state index contributed by atoms with van der Waals surface area (Å²) in [6.07, 6.45) is 1.21. The fraction of sp³-hybridized carbons (Fsp3) is 0.419. The highest BCUT2D eigenvalue weighted by Gasteiger charge is 2.35. The molecule has 4 rings (SSSR count). The third-order valence-electron chi connectivity index (χ3n) is 7.32. The molecule has 0 saturated heterocycles. The largest absolute Gasteiger partial charge is 0.573 e. The summed E-state index contributed by atoms with van der Waals surface area (Å²) in [7, 11) is 0. The van der Waals surface area contributed by atoms with Gasteiger partial charge in [-0.3, -0.25) is 0 Å². The molecular weight excluding hydrogens is 499 g/mol. The Bertz CT molecular complexity index is 1150. The maximum Gasteiger partial charge on any atom is 0.573 e. The van der Waals surface area contributed by atoms with E-state index in [4.69, 9.17) is 4.74 Å². The van der Waals surface area contributed by atoms with Gasteiger partial charge in [-0.1, -0.05) is 87.9 Å². The Morgan fingerprint density at radius 1 is 0.711 bits per heavy atom. The Morgan fingerprint density at radius 3 is 1.92 bits per heavy atom. The molecule has 0 spiro atoms. The molecule has 1 fully saturated rings. The predicted octanol–water partition coefficient (Wildman–Crippen LogP) is 9.92. The molecule has 0 heterocycles. The molecule has 0 bridgehead atoms. The van der Waals surface area contributed by atoms with Crippen LogP contribution in [0.1, 0.15) is 63.0 Å². The van der Waals surface area contributed by atoms with Crippen molar-refractivity contribution in [1.29, 1.82) is 0 Å². The third-order valence-corrected chi connectivity index (χ3v) is 7.32. The summed E-state index contributed by atoms with van der Waals surface area (Å²) in [6.45, 7) is 2.24. The number of para-hydroxylation sites is 1. The molecule has 0 N–H and O–H groups in total. The van der Waals surface area contributed by atoms with Gasteiger partial charge in [0.05, 0.1) is 5.56 Å². The molecule has 3 aromatic carbocycles. The number of halogens is 5. The number of hydrogen-bond donors (Lipinski definition) is 0. The van der Waals surface area contributed by atoms with Crippen LogP contribution in [0.4, 0.5) is 22.0 Å². The molecule has 38 heavy (non-hydrogen) atoms. The van der Waals surface area contributed by atoms with Crippen LogP contribution >= 0.6 is 0 Å². The van der Waals surface area contributed by atoms with Gasteiger partial charge < -0.3 is 9.47 Å². The van der Waals surface area contributed by atoms with Gasteiger partial charge in [-0.2, -0.15) is 8.78 Å². The van der Waals surface area contributed by atoms with Crippen molar-refractivity contribution in [2.45, 2.75) is 70.8 Å². The van der Waals surface area contributed by atoms with Gasteiger partial charge >= 0.3 is 12.5 Å². The van der Waals surface area contributed by atoms with Crippen molar-refractivity contribution in [2.75, 3.05) is 0 Å². The number of ether oxygens (including phenoxy) is 2. The number of benzene rings is 3. The smallest absolute Gasteiger partial charge is 0.428 e. The predicted molar refractivity (Wildman–Crippen MR) is 138 cm³/mol. The van der Waals surface area contributed by atoms with Gasteiger partial charge in [0, 0.05) is 5.56 Å². The average molecular weight is 533 g/mol. The molecule has 0 atom stereocenters. The summed E-state index contributed by atoms with van der Waals surface area (Å²) in [5, 5.41) is 0. The number of aryl methyl sites for hydroxylation is 1. The van der Waals surface area contributed by atoms with E-state index in [-0.39, 0.29) is 11.3 Å². The quantitative estimate of drug-likeness (QED) is 0.242. The molecule has 1 aliphatic carbocycles. The minimum Gasteiger partial charge on any atom is -0.428 e. The van der Waals surface area contributed by atoms with Gasteiger partial charge in [0.2, 0.25) is 0 Å². The van der Waals surface area contributed by atoms with Gasteiger partial charge in [-0.05, 0) is 66.1 Å². The Morgan fingerprint density at radius 2 is 1.32 bits per heavy atom. The van der Waals surface area contributed by atoms with E-state index < -0.39 is 18.2 Å². The molecule has 1 saturated carbocycles. The summed E-state index contributed by atoms with van der Waals surface area (Å²) in [5.41, 5.74) is 1.52. The van der Waals surface area contributed by atoms with E-state index >= 15 is 8.78 Å². The van der Waals surface area contributed by atoms with Crippen molar-refractivity contribution in [3.8, 4) is 22.6 Å². The first-order chi connectivity index (χ1) is 18.1. The van der Waals surface area contributed by atoms with E-state index in [1.165, 1.54) is 68.9 Å². The molecule has 0 radical (unpaired) electrons. The Kier molecular flexibility index (Phi) is 8.95. The second kappa shape index (κ2) is 12.2. The molecule has 0 aliphatic heterocycles. The SMILES string of the molecule is CCCC1CCC(CCc2ccc(C(F)(F)Oc3ccccc3-c3ccc(OC(F)(F)F)cc3)cc2)CC1. The molecule has 0 unspecified atom stereocenters. The maximum atomic E-state index is 15.1. The molecule has 1 aliphatic rings. The Labute approximate surface area is 220 Å². The van der Waals surface area contributed by atoms with Crippen LogP contribution in [0, 0.1) is 11.8 Å². The van der Waals surface area contributed by atoms with E-state index in [2.05, 4.69) is 11.7 Å². The standard InChI is InChI=1S/C31H33F5O2/c1-2-5-22-8-10-23(11-9-22)12-13-24-14-18-26(19-15-24)30(32,33)38-29-7-4-3-6-28(29)25-16-20-27(21-17-25)37-31(34,35)36/h3-4,6-7,14-23H,2,5,8-13H2,1H3. The first kappa shape index (κ1) is 27.9. The molecule has 3 aromatic rings. The van der Waals surface area contributed by atoms with E-state index in [1.54, 1.807) is 30.3 Å². The van der Waals surface area contributed by atoms with Crippen molar-refractivity contribution in [1.82, 2.24) is 0 Å². The first-order valence-electron chi connectivity index (χ1n) is 13.2. The first-order valence-corrected chi connectivity index (χ1v) is 13.2. The van der Waals surface area contributed by atoms with Gasteiger partial charge in [-0.25, -0.2) is 0 Å². The molecule has 0 amide bonds. The minimum atomic E-state index is -4.81. The summed E-state index contributed by atoms with van der Waals surface area (Å²) < 4.78 is 76.6. The highest BCUT2D eigenvalue weighted by Crippen LogP contribution is 2.38. The van der Waals surface area contributed by atoms with E-state index in [0.29, 0.717) is 17.0 Å². The molecule has 204 valence electrons. The lowest BCUT2D eigenvalue weighted by molar-refractivity contribution is -0.274. The summed E-state index contributed by atoms with van der Waals surface area (Å²) in [5.74, 6) is 1.10. The monoisotopic (exact) mass is 532 g/mol. The fourth-order valence-electron chi connectivity index (χ4n) is 5.28. The van der Waals surface area contributed by atoms with Crippen molar-refractivity contribution < 1.29 is 31.4 Å². The minimum absolute atomic E-state index is 0.0789. The maximum absolute atomic E-state index is 15.1. The van der Waals surface area contributed by atoms with Crippen LogP contribution in [-0.4, -0.2) is 6.36 Å². The lowest BCUT2D eigenvalue weighted by atomic mass is 9.78. The molecular formula is C31H33F5O2. The van der Waals surface area contributed by atoms with Crippen LogP contribution in [-0.2, 0) is 12.5 Å².